The number of esters is 2. The number of nitrogen functional groups attached to an aromatic ring is 1. The van der Waals surface area contributed by atoms with Gasteiger partial charge >= 0.3 is 11.9 Å². The molecule has 12 heteroatoms. The van der Waals surface area contributed by atoms with Gasteiger partial charge < -0.3 is 25.4 Å². The summed E-state index contributed by atoms with van der Waals surface area (Å²) in [6.07, 6.45) is 0. The van der Waals surface area contributed by atoms with E-state index in [1.165, 1.54) is 43.3 Å². The average Bonchev–Trinajstić information content (AvgIpc) is 3.10. The van der Waals surface area contributed by atoms with Crippen LogP contribution in [-0.2, 0) is 4.74 Å². The maximum absolute atomic E-state index is 12.5. The van der Waals surface area contributed by atoms with Gasteiger partial charge in [-0.3, -0.25) is 19.7 Å². The molecule has 5 aromatic rings. The quantitative estimate of drug-likeness (QED) is 0.0457. The Morgan fingerprint density at radius 1 is 0.708 bits per heavy atom. The van der Waals surface area contributed by atoms with Crippen LogP contribution >= 0.6 is 0 Å². The third kappa shape index (κ3) is 6.30. The Bertz CT molecular complexity index is 2180. The molecule has 242 valence electrons. The molecule has 0 heterocycles. The second-order valence-electron chi connectivity index (χ2n) is 10.6. The van der Waals surface area contributed by atoms with Crippen LogP contribution in [0.25, 0.3) is 10.8 Å². The number of non-ortho nitro benzene ring substituents is 1. The molecular weight excluding hydrogens is 620 g/mol. The molecule has 0 aliphatic heterocycles. The molecule has 4 N–H and O–H groups in total. The van der Waals surface area contributed by atoms with Gasteiger partial charge in [0.2, 0.25) is 5.78 Å². The molecule has 0 saturated carbocycles. The molecule has 0 aromatic heterocycles. The van der Waals surface area contributed by atoms with Crippen LogP contribution in [0.15, 0.2) is 108 Å². The van der Waals surface area contributed by atoms with E-state index >= 15 is 0 Å². The van der Waals surface area contributed by atoms with E-state index in [1.807, 2.05) is 0 Å². The largest absolute Gasteiger partial charge is 0.507 e. The van der Waals surface area contributed by atoms with E-state index in [-0.39, 0.29) is 58.2 Å². The van der Waals surface area contributed by atoms with E-state index in [9.17, 15) is 39.5 Å². The summed E-state index contributed by atoms with van der Waals surface area (Å²) in [7, 11) is 0. The lowest BCUT2D eigenvalue weighted by atomic mass is 9.89. The smallest absolute Gasteiger partial charge is 0.343 e. The third-order valence-electron chi connectivity index (χ3n) is 7.50. The van der Waals surface area contributed by atoms with Crippen molar-refractivity contribution in [2.45, 2.75) is 13.8 Å². The van der Waals surface area contributed by atoms with Gasteiger partial charge in [0.05, 0.1) is 16.1 Å². The fraction of sp³-hybridized carbons (Fsp3) is 0.0556. The summed E-state index contributed by atoms with van der Waals surface area (Å²) in [5, 5.41) is 32.2. The van der Waals surface area contributed by atoms with Crippen LogP contribution in [0.3, 0.4) is 0 Å². The highest BCUT2D eigenvalue weighted by Gasteiger charge is 2.32. The summed E-state index contributed by atoms with van der Waals surface area (Å²) in [5.41, 5.74) is 7.04. The minimum absolute atomic E-state index is 0. The van der Waals surface area contributed by atoms with Gasteiger partial charge in [0, 0.05) is 52.3 Å². The van der Waals surface area contributed by atoms with Crippen molar-refractivity contribution in [1.29, 1.82) is 0 Å². The highest BCUT2D eigenvalue weighted by atomic mass is 16.6. The van der Waals surface area contributed by atoms with Crippen LogP contribution in [0.1, 0.15) is 55.3 Å². The normalized spacial score (nSPS) is 12.1. The van der Waals surface area contributed by atoms with Crippen molar-refractivity contribution in [3.8, 4) is 17.2 Å². The van der Waals surface area contributed by atoms with E-state index in [0.717, 1.165) is 12.1 Å². The van der Waals surface area contributed by atoms with Crippen LogP contribution < -0.4 is 10.5 Å². The number of aromatic hydroxyl groups is 2. The molecule has 6 rings (SSSR count). The number of fused-ring (bicyclic) bond motifs is 2. The number of benzene rings is 5. The number of carbonyl (C=O) groups excluding carboxylic acids is 4. The van der Waals surface area contributed by atoms with Gasteiger partial charge in [-0.05, 0) is 50.2 Å². The number of Topliss-reactive ketones (excluding diaryl/α,β-unsaturated/α-hetero) is 2. The van der Waals surface area contributed by atoms with Gasteiger partial charge in [-0.1, -0.05) is 48.5 Å². The third-order valence-corrected chi connectivity index (χ3v) is 7.50. The Labute approximate surface area is 273 Å². The highest BCUT2D eigenvalue weighted by Crippen LogP contribution is 2.44. The van der Waals surface area contributed by atoms with Crippen molar-refractivity contribution < 1.29 is 45.2 Å². The van der Waals surface area contributed by atoms with E-state index in [0.29, 0.717) is 27.6 Å². The summed E-state index contributed by atoms with van der Waals surface area (Å²) >= 11 is 0. The average molecular weight is 649 g/mol. The Morgan fingerprint density at radius 3 is 1.75 bits per heavy atom. The first-order valence-electron chi connectivity index (χ1n) is 14.3. The molecule has 0 radical (unpaired) electrons. The summed E-state index contributed by atoms with van der Waals surface area (Å²) in [6, 6.07) is 24.1. The first kappa shape index (κ1) is 32.6. The number of hydrogen-bond acceptors (Lipinski definition) is 11. The van der Waals surface area contributed by atoms with Crippen LogP contribution in [0.2, 0.25) is 0 Å². The van der Waals surface area contributed by atoms with Gasteiger partial charge in [-0.25, -0.2) is 9.59 Å². The fourth-order valence-corrected chi connectivity index (χ4v) is 4.87. The lowest BCUT2D eigenvalue weighted by molar-refractivity contribution is -0.384. The first-order valence-corrected chi connectivity index (χ1v) is 14.3. The minimum Gasteiger partial charge on any atom is -0.507 e. The molecule has 0 bridgehead atoms. The number of phenolic OH excluding ortho intramolecular Hbond substituents is 2. The van der Waals surface area contributed by atoms with Crippen molar-refractivity contribution in [3.63, 3.8) is 0 Å². The fourth-order valence-electron chi connectivity index (χ4n) is 4.87. The van der Waals surface area contributed by atoms with E-state index in [1.54, 1.807) is 55.5 Å². The summed E-state index contributed by atoms with van der Waals surface area (Å²) in [5.74, 6) is -3.04. The lowest BCUT2D eigenvalue weighted by Gasteiger charge is -2.18. The number of ether oxygens (including phenoxy) is 2. The van der Waals surface area contributed by atoms with Gasteiger partial charge in [-0.2, -0.15) is 0 Å². The maximum atomic E-state index is 12.5. The molecule has 1 aliphatic rings. The van der Waals surface area contributed by atoms with E-state index in [2.05, 4.69) is 0 Å². The maximum Gasteiger partial charge on any atom is 0.343 e. The summed E-state index contributed by atoms with van der Waals surface area (Å²) in [4.78, 5) is 59.3. The van der Waals surface area contributed by atoms with Crippen LogP contribution in [-0.4, -0.2) is 38.6 Å². The van der Waals surface area contributed by atoms with Crippen molar-refractivity contribution in [1.82, 2.24) is 0 Å². The number of nitrogens with zero attached hydrogens (tertiary/aromatic N) is 1. The molecule has 0 spiro atoms. The van der Waals surface area contributed by atoms with Crippen LogP contribution in [0.5, 0.6) is 17.2 Å². The predicted octanol–water partition coefficient (Wildman–Crippen LogP) is 6.71. The van der Waals surface area contributed by atoms with Crippen molar-refractivity contribution in [2.24, 2.45) is 0 Å². The standard InChI is InChI=1S/C18H11NO6.C18H15NO4.H2/c1-10-15(20)13-4-2-3-5-14(13)16(21)17(10)25-18(22)11-6-8-12(9-7-11)19(23)24;1-10-15(20)13-4-2-3-5-14(13)16(21)17(10)23-18(22)11-6-8-12(19)9-7-11;/h2-9H,1H3;2-9,20-21H,19H2,1H3;1H. The minimum atomic E-state index is -0.871. The number of hydrogen-bond donors (Lipinski definition) is 3. The second kappa shape index (κ2) is 13.3. The molecule has 12 nitrogen and oxygen atoms in total. The Kier molecular flexibility index (Phi) is 9.00. The number of nitro benzene ring substituents is 1. The van der Waals surface area contributed by atoms with Gasteiger partial charge in [0.1, 0.15) is 5.75 Å². The van der Waals surface area contributed by atoms with Crippen LogP contribution in [0.4, 0.5) is 11.4 Å². The number of anilines is 1. The Morgan fingerprint density at radius 2 is 1.19 bits per heavy atom. The Hall–Kier alpha value is -6.82. The number of rotatable bonds is 5. The molecule has 0 unspecified atom stereocenters. The summed E-state index contributed by atoms with van der Waals surface area (Å²) < 4.78 is 10.4. The zero-order chi connectivity index (χ0) is 34.7. The zero-order valence-electron chi connectivity index (χ0n) is 25.4. The van der Waals surface area contributed by atoms with E-state index in [4.69, 9.17) is 15.2 Å². The zero-order valence-corrected chi connectivity index (χ0v) is 25.4. The molecule has 0 amide bonds. The monoisotopic (exact) mass is 648 g/mol. The number of allylic oxidation sites excluding steroid dienone is 2. The summed E-state index contributed by atoms with van der Waals surface area (Å²) in [6.45, 7) is 2.99. The molecule has 0 atom stereocenters. The molecule has 1 aliphatic carbocycles. The van der Waals surface area contributed by atoms with Crippen molar-refractivity contribution >= 4 is 45.7 Å². The molecule has 48 heavy (non-hydrogen) atoms. The van der Waals surface area contributed by atoms with Gasteiger partial charge in [0.15, 0.2) is 23.0 Å². The van der Waals surface area contributed by atoms with Gasteiger partial charge in [0.25, 0.3) is 5.69 Å². The van der Waals surface area contributed by atoms with Crippen molar-refractivity contribution in [2.75, 3.05) is 5.73 Å². The SMILES string of the molecule is CC1=C(OC(=O)c2ccc([N+](=O)[O-])cc2)C(=O)c2ccccc2C1=O.Cc1c(OC(=O)c2ccc(N)cc2)c(O)c2ccccc2c1O.[HH]. The van der Waals surface area contributed by atoms with Crippen molar-refractivity contribution in [3.05, 3.63) is 146 Å². The molecule has 5 aromatic carbocycles. The topological polar surface area (TPSA) is 196 Å². The number of ketones is 2. The Balaban J connectivity index is 0.000000217. The second-order valence-corrected chi connectivity index (χ2v) is 10.6. The number of phenols is 2. The van der Waals surface area contributed by atoms with E-state index < -0.39 is 22.6 Å². The molecular formula is C36H28N2O10. The first-order chi connectivity index (χ1) is 22.9. The number of carbonyl (C=O) groups is 4. The molecule has 0 saturated heterocycles. The lowest BCUT2D eigenvalue weighted by Crippen LogP contribution is -2.24. The molecule has 0 fully saturated rings. The highest BCUT2D eigenvalue weighted by molar-refractivity contribution is 6.26. The van der Waals surface area contributed by atoms with Gasteiger partial charge in [-0.15, -0.1) is 0 Å². The number of nitro groups is 1. The predicted molar refractivity (Wildman–Crippen MR) is 176 cm³/mol. The number of nitrogens with two attached hydrogens (primary N) is 1. The van der Waals surface area contributed by atoms with Crippen LogP contribution in [0, 0.1) is 17.0 Å².